The zero-order chi connectivity index (χ0) is 10.6. The van der Waals surface area contributed by atoms with Crippen LogP contribution in [0.1, 0.15) is 20.3 Å². The molecule has 2 atom stereocenters. The number of urea groups is 1. The normalized spacial score (nSPS) is 27.3. The molecule has 80 valence electrons. The molecule has 4 heteroatoms. The summed E-state index contributed by atoms with van der Waals surface area (Å²) >= 11 is 0. The average Bonchev–Trinajstić information content (AvgIpc) is 2.12. The van der Waals surface area contributed by atoms with E-state index >= 15 is 0 Å². The lowest BCUT2D eigenvalue weighted by Crippen LogP contribution is -2.56. The fourth-order valence-electron chi connectivity index (χ4n) is 1.63. The summed E-state index contributed by atoms with van der Waals surface area (Å²) in [6.07, 6.45) is 2.42. The first-order chi connectivity index (χ1) is 6.69. The summed E-state index contributed by atoms with van der Waals surface area (Å²) in [6, 6.07) is 0.139. The molecule has 1 N–H and O–H groups in total. The van der Waals surface area contributed by atoms with Crippen LogP contribution in [0, 0.1) is 0 Å². The monoisotopic (exact) mass is 198 g/mol. The highest BCUT2D eigenvalue weighted by Crippen LogP contribution is 2.14. The third kappa shape index (κ3) is 2.48. The van der Waals surface area contributed by atoms with Gasteiger partial charge in [0.05, 0.1) is 0 Å². The van der Waals surface area contributed by atoms with Crippen molar-refractivity contribution in [3.8, 4) is 0 Å². The van der Waals surface area contributed by atoms with Crippen LogP contribution in [0.2, 0.25) is 0 Å². The first kappa shape index (κ1) is 11.0. The summed E-state index contributed by atoms with van der Waals surface area (Å²) in [5, 5.41) is 2.80. The molecule has 0 aliphatic carbocycles. The van der Waals surface area contributed by atoms with Crippen LogP contribution >= 0.6 is 0 Å². The maximum absolute atomic E-state index is 11.6. The Labute approximate surface area is 84.9 Å². The zero-order valence-corrected chi connectivity index (χ0v) is 8.82. The molecule has 4 nitrogen and oxygen atoms in total. The third-order valence-electron chi connectivity index (χ3n) is 2.33. The quantitative estimate of drug-likeness (QED) is 0.692. The van der Waals surface area contributed by atoms with Crippen LogP contribution in [0.3, 0.4) is 0 Å². The van der Waals surface area contributed by atoms with Gasteiger partial charge in [-0.15, -0.1) is 6.58 Å². The van der Waals surface area contributed by atoms with Gasteiger partial charge in [0.1, 0.15) is 6.23 Å². The highest BCUT2D eigenvalue weighted by Gasteiger charge is 2.29. The Kier molecular flexibility index (Phi) is 3.95. The standard InChI is InChI=1S/C10H18N2O2/c1-4-6-12-8(3)7-9(14-5-2)11-10(12)13/h4,8-9H,1,5-7H2,2-3H3,(H,11,13). The lowest BCUT2D eigenvalue weighted by atomic mass is 10.1. The molecule has 0 bridgehead atoms. The molecular weight excluding hydrogens is 180 g/mol. The van der Waals surface area contributed by atoms with Crippen LogP contribution in [0.4, 0.5) is 4.79 Å². The molecule has 1 saturated heterocycles. The smallest absolute Gasteiger partial charge is 0.319 e. The Hall–Kier alpha value is -1.03. The molecule has 0 aromatic carbocycles. The van der Waals surface area contributed by atoms with Crippen molar-refractivity contribution in [2.45, 2.75) is 32.5 Å². The molecule has 1 aliphatic heterocycles. The lowest BCUT2D eigenvalue weighted by molar-refractivity contribution is 0.00309. The molecule has 1 rings (SSSR count). The summed E-state index contributed by atoms with van der Waals surface area (Å²) in [5.41, 5.74) is 0. The van der Waals surface area contributed by atoms with Gasteiger partial charge in [0.25, 0.3) is 0 Å². The summed E-state index contributed by atoms with van der Waals surface area (Å²) in [7, 11) is 0. The predicted molar refractivity (Wildman–Crippen MR) is 54.9 cm³/mol. The summed E-state index contributed by atoms with van der Waals surface area (Å²) in [6.45, 7) is 8.79. The van der Waals surface area contributed by atoms with E-state index in [1.807, 2.05) is 13.8 Å². The summed E-state index contributed by atoms with van der Waals surface area (Å²) < 4.78 is 5.37. The van der Waals surface area contributed by atoms with Gasteiger partial charge < -0.3 is 15.0 Å². The second-order valence-corrected chi connectivity index (χ2v) is 3.42. The van der Waals surface area contributed by atoms with Gasteiger partial charge in [-0.05, 0) is 13.8 Å². The van der Waals surface area contributed by atoms with Crippen molar-refractivity contribution < 1.29 is 9.53 Å². The van der Waals surface area contributed by atoms with Crippen molar-refractivity contribution in [3.05, 3.63) is 12.7 Å². The van der Waals surface area contributed by atoms with Crippen molar-refractivity contribution in [3.63, 3.8) is 0 Å². The number of amides is 2. The van der Waals surface area contributed by atoms with E-state index in [1.54, 1.807) is 11.0 Å². The first-order valence-electron chi connectivity index (χ1n) is 4.98. The molecule has 0 aromatic heterocycles. The number of carbonyl (C=O) groups excluding carboxylic acids is 1. The van der Waals surface area contributed by atoms with Gasteiger partial charge in [0.15, 0.2) is 0 Å². The van der Waals surface area contributed by atoms with E-state index in [0.717, 1.165) is 6.42 Å². The van der Waals surface area contributed by atoms with Crippen molar-refractivity contribution in [2.24, 2.45) is 0 Å². The molecule has 0 spiro atoms. The maximum Gasteiger partial charge on any atom is 0.319 e. The number of nitrogens with one attached hydrogen (secondary N) is 1. The number of nitrogens with zero attached hydrogens (tertiary/aromatic N) is 1. The third-order valence-corrected chi connectivity index (χ3v) is 2.33. The van der Waals surface area contributed by atoms with Crippen molar-refractivity contribution in [1.82, 2.24) is 10.2 Å². The Balaban J connectivity index is 2.53. The molecule has 1 aliphatic rings. The van der Waals surface area contributed by atoms with Gasteiger partial charge in [0, 0.05) is 25.6 Å². The van der Waals surface area contributed by atoms with E-state index in [2.05, 4.69) is 11.9 Å². The molecule has 1 fully saturated rings. The van der Waals surface area contributed by atoms with Crippen LogP contribution in [-0.2, 0) is 4.74 Å². The van der Waals surface area contributed by atoms with Gasteiger partial charge in [-0.25, -0.2) is 4.79 Å². The number of ether oxygens (including phenoxy) is 1. The average molecular weight is 198 g/mol. The number of carbonyl (C=O) groups is 1. The fourth-order valence-corrected chi connectivity index (χ4v) is 1.63. The number of hydrogen-bond donors (Lipinski definition) is 1. The highest BCUT2D eigenvalue weighted by atomic mass is 16.5. The van der Waals surface area contributed by atoms with Crippen molar-refractivity contribution in [1.29, 1.82) is 0 Å². The minimum atomic E-state index is -0.136. The second kappa shape index (κ2) is 5.00. The summed E-state index contributed by atoms with van der Waals surface area (Å²) in [5.74, 6) is 0. The zero-order valence-electron chi connectivity index (χ0n) is 8.82. The predicted octanol–water partition coefficient (Wildman–Crippen LogP) is 1.34. The minimum absolute atomic E-state index is 0.0675. The number of rotatable bonds is 4. The van der Waals surface area contributed by atoms with Crippen LogP contribution in [-0.4, -0.2) is 36.4 Å². The van der Waals surface area contributed by atoms with Crippen molar-refractivity contribution in [2.75, 3.05) is 13.2 Å². The van der Waals surface area contributed by atoms with Crippen LogP contribution in [0.25, 0.3) is 0 Å². The largest absolute Gasteiger partial charge is 0.359 e. The molecule has 0 aromatic rings. The van der Waals surface area contributed by atoms with Crippen LogP contribution in [0.15, 0.2) is 12.7 Å². The van der Waals surface area contributed by atoms with Crippen LogP contribution < -0.4 is 5.32 Å². The Morgan fingerprint density at radius 2 is 2.50 bits per heavy atom. The van der Waals surface area contributed by atoms with E-state index in [4.69, 9.17) is 4.74 Å². The van der Waals surface area contributed by atoms with E-state index in [9.17, 15) is 4.79 Å². The maximum atomic E-state index is 11.6. The molecule has 0 radical (unpaired) electrons. The first-order valence-corrected chi connectivity index (χ1v) is 4.98. The van der Waals surface area contributed by atoms with Gasteiger partial charge >= 0.3 is 6.03 Å². The Morgan fingerprint density at radius 3 is 3.00 bits per heavy atom. The van der Waals surface area contributed by atoms with E-state index in [1.165, 1.54) is 0 Å². The van der Waals surface area contributed by atoms with Gasteiger partial charge in [-0.2, -0.15) is 0 Å². The second-order valence-electron chi connectivity index (χ2n) is 3.42. The van der Waals surface area contributed by atoms with Crippen LogP contribution in [0.5, 0.6) is 0 Å². The molecule has 14 heavy (non-hydrogen) atoms. The van der Waals surface area contributed by atoms with Crippen molar-refractivity contribution >= 4 is 6.03 Å². The molecule has 1 heterocycles. The molecular formula is C10H18N2O2. The van der Waals surface area contributed by atoms with E-state index in [-0.39, 0.29) is 18.3 Å². The van der Waals surface area contributed by atoms with Gasteiger partial charge in [-0.1, -0.05) is 6.08 Å². The fraction of sp³-hybridized carbons (Fsp3) is 0.700. The van der Waals surface area contributed by atoms with E-state index < -0.39 is 0 Å². The molecule has 2 amide bonds. The Morgan fingerprint density at radius 1 is 1.79 bits per heavy atom. The molecule has 2 unspecified atom stereocenters. The van der Waals surface area contributed by atoms with Gasteiger partial charge in [0.2, 0.25) is 0 Å². The highest BCUT2D eigenvalue weighted by molar-refractivity contribution is 5.75. The van der Waals surface area contributed by atoms with E-state index in [0.29, 0.717) is 13.2 Å². The Bertz CT molecular complexity index is 218. The van der Waals surface area contributed by atoms with Gasteiger partial charge in [-0.3, -0.25) is 0 Å². The lowest BCUT2D eigenvalue weighted by Gasteiger charge is -2.37. The minimum Gasteiger partial charge on any atom is -0.359 e. The topological polar surface area (TPSA) is 41.6 Å². The summed E-state index contributed by atoms with van der Waals surface area (Å²) in [4.78, 5) is 13.3. The number of hydrogen-bond acceptors (Lipinski definition) is 2. The SMILES string of the molecule is C=CCN1C(=O)NC(OCC)CC1C. The molecule has 0 saturated carbocycles.